The molecule has 0 unspecified atom stereocenters. The van der Waals surface area contributed by atoms with E-state index in [1.807, 2.05) is 44.2 Å². The Morgan fingerprint density at radius 2 is 1.73 bits per heavy atom. The molecule has 2 amide bonds. The van der Waals surface area contributed by atoms with Gasteiger partial charge in [-0.2, -0.15) is 0 Å². The Balaban J connectivity index is 1.70. The van der Waals surface area contributed by atoms with E-state index in [1.165, 1.54) is 0 Å². The van der Waals surface area contributed by atoms with Crippen molar-refractivity contribution in [3.8, 4) is 5.75 Å². The summed E-state index contributed by atoms with van der Waals surface area (Å²) < 4.78 is 6.48. The first-order valence-corrected chi connectivity index (χ1v) is 11.5. The van der Waals surface area contributed by atoms with Crippen LogP contribution in [0.25, 0.3) is 0 Å². The van der Waals surface area contributed by atoms with Gasteiger partial charge in [0.15, 0.2) is 5.11 Å². The molecule has 0 heterocycles. The number of para-hydroxylation sites is 1. The van der Waals surface area contributed by atoms with Crippen LogP contribution in [0.15, 0.2) is 77.3 Å². The first-order chi connectivity index (χ1) is 15.7. The second-order valence-electron chi connectivity index (χ2n) is 7.50. The second kappa shape index (κ2) is 11.1. The van der Waals surface area contributed by atoms with Crippen LogP contribution in [-0.4, -0.2) is 30.1 Å². The number of ether oxygens (including phenoxy) is 1. The standard InChI is InChI=1S/C25H24BrN3O3S/c1-16(2)32-22-13-12-18(26)15-21(22)23(30)28-25(33)27-19-9-7-8-17(14-19)24(31)29(3)20-10-5-4-6-11-20/h4-16H,1-3H3,(H2,27,28,30,33). The number of hydrogen-bond donors (Lipinski definition) is 2. The fraction of sp³-hybridized carbons (Fsp3) is 0.160. The molecule has 6 nitrogen and oxygen atoms in total. The Bertz CT molecular complexity index is 1170. The number of benzene rings is 3. The average molecular weight is 526 g/mol. The molecule has 0 aromatic heterocycles. The predicted octanol–water partition coefficient (Wildman–Crippen LogP) is 5.64. The molecule has 8 heteroatoms. The molecule has 0 fully saturated rings. The first-order valence-electron chi connectivity index (χ1n) is 10.3. The number of nitrogens with zero attached hydrogens (tertiary/aromatic N) is 1. The molecule has 0 saturated heterocycles. The summed E-state index contributed by atoms with van der Waals surface area (Å²) in [5.74, 6) is -0.102. The quantitative estimate of drug-likeness (QED) is 0.407. The van der Waals surface area contributed by atoms with Crippen molar-refractivity contribution in [1.82, 2.24) is 5.32 Å². The van der Waals surface area contributed by atoms with Gasteiger partial charge >= 0.3 is 0 Å². The molecule has 33 heavy (non-hydrogen) atoms. The van der Waals surface area contributed by atoms with Crippen LogP contribution < -0.4 is 20.3 Å². The summed E-state index contributed by atoms with van der Waals surface area (Å²) in [6.07, 6.45) is -0.0860. The van der Waals surface area contributed by atoms with E-state index in [0.29, 0.717) is 22.6 Å². The topological polar surface area (TPSA) is 70.7 Å². The largest absolute Gasteiger partial charge is 0.490 e. The lowest BCUT2D eigenvalue weighted by atomic mass is 10.1. The number of nitrogens with one attached hydrogen (secondary N) is 2. The molecule has 0 aliphatic carbocycles. The highest BCUT2D eigenvalue weighted by Crippen LogP contribution is 2.24. The van der Waals surface area contributed by atoms with Gasteiger partial charge in [-0.1, -0.05) is 40.2 Å². The monoisotopic (exact) mass is 525 g/mol. The zero-order valence-corrected chi connectivity index (χ0v) is 20.9. The summed E-state index contributed by atoms with van der Waals surface area (Å²) in [5.41, 5.74) is 2.22. The Morgan fingerprint density at radius 1 is 1.00 bits per heavy atom. The van der Waals surface area contributed by atoms with Gasteiger partial charge in [0.05, 0.1) is 11.7 Å². The summed E-state index contributed by atoms with van der Waals surface area (Å²) in [6, 6.07) is 21.5. The molecule has 0 bridgehead atoms. The van der Waals surface area contributed by atoms with Crippen LogP contribution in [0.5, 0.6) is 5.75 Å². The maximum absolute atomic E-state index is 12.9. The van der Waals surface area contributed by atoms with E-state index in [1.54, 1.807) is 54.4 Å². The van der Waals surface area contributed by atoms with Crippen molar-refractivity contribution < 1.29 is 14.3 Å². The fourth-order valence-corrected chi connectivity index (χ4v) is 3.63. The third-order valence-corrected chi connectivity index (χ3v) is 5.29. The number of amides is 2. The van der Waals surface area contributed by atoms with Crippen molar-refractivity contribution >= 4 is 56.4 Å². The number of rotatable bonds is 6. The van der Waals surface area contributed by atoms with Crippen molar-refractivity contribution in [2.75, 3.05) is 17.3 Å². The van der Waals surface area contributed by atoms with Gasteiger partial charge in [-0.25, -0.2) is 0 Å². The second-order valence-corrected chi connectivity index (χ2v) is 8.82. The van der Waals surface area contributed by atoms with Gasteiger partial charge in [-0.05, 0) is 74.6 Å². The lowest BCUT2D eigenvalue weighted by Gasteiger charge is -2.18. The van der Waals surface area contributed by atoms with Crippen LogP contribution in [0.2, 0.25) is 0 Å². The number of carbonyl (C=O) groups excluding carboxylic acids is 2. The molecule has 0 aliphatic heterocycles. The molecular formula is C25H24BrN3O3S. The van der Waals surface area contributed by atoms with Crippen LogP contribution in [0.3, 0.4) is 0 Å². The normalized spacial score (nSPS) is 10.5. The van der Waals surface area contributed by atoms with Crippen LogP contribution in [0.4, 0.5) is 11.4 Å². The van der Waals surface area contributed by atoms with Crippen LogP contribution in [0, 0.1) is 0 Å². The van der Waals surface area contributed by atoms with E-state index in [0.717, 1.165) is 10.2 Å². The minimum absolute atomic E-state index is 0.0860. The highest BCUT2D eigenvalue weighted by molar-refractivity contribution is 9.10. The predicted molar refractivity (Wildman–Crippen MR) is 139 cm³/mol. The zero-order valence-electron chi connectivity index (χ0n) is 18.5. The van der Waals surface area contributed by atoms with Crippen LogP contribution in [0.1, 0.15) is 34.6 Å². The van der Waals surface area contributed by atoms with E-state index in [-0.39, 0.29) is 17.1 Å². The third-order valence-electron chi connectivity index (χ3n) is 4.59. The number of hydrogen-bond acceptors (Lipinski definition) is 4. The van der Waals surface area contributed by atoms with Gasteiger partial charge in [-0.3, -0.25) is 14.9 Å². The van der Waals surface area contributed by atoms with Gasteiger partial charge in [0, 0.05) is 28.5 Å². The van der Waals surface area contributed by atoms with E-state index in [2.05, 4.69) is 26.6 Å². The Kier molecular flexibility index (Phi) is 8.19. The maximum atomic E-state index is 12.9. The zero-order chi connectivity index (χ0) is 24.0. The Labute approximate surface area is 207 Å². The Hall–Kier alpha value is -3.23. The molecule has 3 aromatic rings. The third kappa shape index (κ3) is 6.63. The SMILES string of the molecule is CC(C)Oc1ccc(Br)cc1C(=O)NC(=S)Nc1cccc(C(=O)N(C)c2ccccc2)c1. The average Bonchev–Trinajstić information content (AvgIpc) is 2.79. The highest BCUT2D eigenvalue weighted by atomic mass is 79.9. The van der Waals surface area contributed by atoms with E-state index in [9.17, 15) is 9.59 Å². The molecule has 0 radical (unpaired) electrons. The lowest BCUT2D eigenvalue weighted by molar-refractivity contribution is 0.0969. The fourth-order valence-electron chi connectivity index (χ4n) is 3.06. The van der Waals surface area contributed by atoms with Crippen molar-refractivity contribution in [2.24, 2.45) is 0 Å². The first kappa shape index (κ1) is 24.4. The smallest absolute Gasteiger partial charge is 0.261 e. The van der Waals surface area contributed by atoms with E-state index < -0.39 is 5.91 Å². The molecule has 170 valence electrons. The van der Waals surface area contributed by atoms with E-state index in [4.69, 9.17) is 17.0 Å². The summed E-state index contributed by atoms with van der Waals surface area (Å²) >= 11 is 8.70. The summed E-state index contributed by atoms with van der Waals surface area (Å²) in [4.78, 5) is 27.3. The lowest BCUT2D eigenvalue weighted by Crippen LogP contribution is -2.34. The van der Waals surface area contributed by atoms with Gasteiger partial charge in [0.2, 0.25) is 0 Å². The van der Waals surface area contributed by atoms with Crippen LogP contribution >= 0.6 is 28.1 Å². The molecule has 0 saturated carbocycles. The summed E-state index contributed by atoms with van der Waals surface area (Å²) in [5, 5.41) is 5.74. The van der Waals surface area contributed by atoms with Gasteiger partial charge in [0.1, 0.15) is 5.75 Å². The molecule has 3 aromatic carbocycles. The number of carbonyl (C=O) groups is 2. The summed E-state index contributed by atoms with van der Waals surface area (Å²) in [6.45, 7) is 3.78. The molecule has 3 rings (SSSR count). The Morgan fingerprint density at radius 3 is 2.42 bits per heavy atom. The van der Waals surface area contributed by atoms with Crippen molar-refractivity contribution in [3.63, 3.8) is 0 Å². The minimum atomic E-state index is -0.402. The molecule has 0 atom stereocenters. The maximum Gasteiger partial charge on any atom is 0.261 e. The number of thiocarbonyl (C=S) groups is 1. The minimum Gasteiger partial charge on any atom is -0.490 e. The highest BCUT2D eigenvalue weighted by Gasteiger charge is 2.17. The van der Waals surface area contributed by atoms with Crippen molar-refractivity contribution in [1.29, 1.82) is 0 Å². The van der Waals surface area contributed by atoms with Gasteiger partial charge in [0.25, 0.3) is 11.8 Å². The molecule has 0 aliphatic rings. The molecule has 0 spiro atoms. The van der Waals surface area contributed by atoms with Crippen LogP contribution in [-0.2, 0) is 0 Å². The molecular weight excluding hydrogens is 502 g/mol. The van der Waals surface area contributed by atoms with Crippen molar-refractivity contribution in [2.45, 2.75) is 20.0 Å². The number of anilines is 2. The van der Waals surface area contributed by atoms with Gasteiger partial charge < -0.3 is 15.0 Å². The number of halogens is 1. The van der Waals surface area contributed by atoms with Crippen molar-refractivity contribution in [3.05, 3.63) is 88.4 Å². The summed E-state index contributed by atoms with van der Waals surface area (Å²) in [7, 11) is 1.72. The van der Waals surface area contributed by atoms with E-state index >= 15 is 0 Å². The van der Waals surface area contributed by atoms with Gasteiger partial charge in [-0.15, -0.1) is 0 Å². The molecule has 2 N–H and O–H groups in total.